The maximum Gasteiger partial charge on any atom is 0.305 e. The van der Waals surface area contributed by atoms with Crippen LogP contribution in [0.5, 0.6) is 0 Å². The predicted octanol–water partition coefficient (Wildman–Crippen LogP) is 1.16. The Bertz CT molecular complexity index is 416. The van der Waals surface area contributed by atoms with Gasteiger partial charge < -0.3 is 9.84 Å². The first kappa shape index (κ1) is 14.2. The average molecular weight is 268 g/mol. The van der Waals surface area contributed by atoms with Crippen molar-refractivity contribution >= 4 is 17.5 Å². The maximum absolute atomic E-state index is 12.3. The van der Waals surface area contributed by atoms with E-state index in [-0.39, 0.29) is 36.8 Å². The number of fused-ring (bicyclic) bond motifs is 1. The predicted molar refractivity (Wildman–Crippen MR) is 66.3 cm³/mol. The zero-order valence-corrected chi connectivity index (χ0v) is 11.2. The minimum Gasteiger partial charge on any atom is -0.466 e. The van der Waals surface area contributed by atoms with Crippen molar-refractivity contribution in [3.05, 3.63) is 0 Å². The Hall–Kier alpha value is -1.23. The van der Waals surface area contributed by atoms with E-state index in [0.717, 1.165) is 0 Å². The zero-order valence-electron chi connectivity index (χ0n) is 11.2. The molecule has 2 aliphatic carbocycles. The third-order valence-electron chi connectivity index (χ3n) is 4.57. The molecule has 0 aromatic carbocycles. The molecule has 2 rings (SSSR count). The second-order valence-corrected chi connectivity index (χ2v) is 5.45. The van der Waals surface area contributed by atoms with E-state index in [9.17, 15) is 19.5 Å². The third kappa shape index (κ3) is 2.10. The Balaban J connectivity index is 2.19. The van der Waals surface area contributed by atoms with E-state index in [1.54, 1.807) is 6.92 Å². The molecule has 0 bridgehead atoms. The molecule has 2 fully saturated rings. The van der Waals surface area contributed by atoms with Crippen molar-refractivity contribution in [3.63, 3.8) is 0 Å². The molecule has 0 aromatic rings. The minimum absolute atomic E-state index is 0.0728. The molecule has 0 amide bonds. The number of hydrogen-bond acceptors (Lipinski definition) is 5. The van der Waals surface area contributed by atoms with Gasteiger partial charge in [-0.05, 0) is 32.6 Å². The van der Waals surface area contributed by atoms with Crippen LogP contribution in [-0.2, 0) is 19.1 Å². The molecule has 19 heavy (non-hydrogen) atoms. The summed E-state index contributed by atoms with van der Waals surface area (Å²) in [5.41, 5.74) is -2.59. The lowest BCUT2D eigenvalue weighted by Gasteiger charge is -2.43. The largest absolute Gasteiger partial charge is 0.466 e. The number of ether oxygens (including phenoxy) is 1. The van der Waals surface area contributed by atoms with Gasteiger partial charge in [-0.2, -0.15) is 0 Å². The van der Waals surface area contributed by atoms with Crippen LogP contribution in [0.1, 0.15) is 51.9 Å². The fraction of sp³-hybridized carbons (Fsp3) is 0.786. The normalized spacial score (nSPS) is 34.2. The Morgan fingerprint density at radius 1 is 1.26 bits per heavy atom. The molecule has 5 nitrogen and oxygen atoms in total. The average Bonchev–Trinajstić information content (AvgIpc) is 2.63. The molecule has 5 heteroatoms. The number of esters is 1. The van der Waals surface area contributed by atoms with Gasteiger partial charge in [0.25, 0.3) is 0 Å². The van der Waals surface area contributed by atoms with Gasteiger partial charge in [-0.25, -0.2) is 0 Å². The SMILES string of the molecule is CCOC(=O)CC[C@]12CCC(=O)[C@@]1(O)CCCC2=O. The second kappa shape index (κ2) is 5.04. The highest BCUT2D eigenvalue weighted by molar-refractivity contribution is 6.01. The molecule has 2 saturated carbocycles. The number of carbonyl (C=O) groups excluding carboxylic acids is 3. The van der Waals surface area contributed by atoms with E-state index in [1.165, 1.54) is 0 Å². The molecule has 0 unspecified atom stereocenters. The standard InChI is InChI=1S/C14H20O5/c1-2-19-12(17)6-9-13-8-5-11(16)14(13,18)7-3-4-10(13)15/h18H,2-9H2,1H3/t13-,14-/m0/s1. The van der Waals surface area contributed by atoms with Gasteiger partial charge in [0.1, 0.15) is 11.4 Å². The molecule has 2 atom stereocenters. The first-order valence-electron chi connectivity index (χ1n) is 6.91. The van der Waals surface area contributed by atoms with Gasteiger partial charge in [-0.15, -0.1) is 0 Å². The summed E-state index contributed by atoms with van der Waals surface area (Å²) in [4.78, 5) is 35.7. The van der Waals surface area contributed by atoms with Crippen molar-refractivity contribution in [3.8, 4) is 0 Å². The summed E-state index contributed by atoms with van der Waals surface area (Å²) in [6.45, 7) is 2.01. The lowest BCUT2D eigenvalue weighted by molar-refractivity contribution is -0.164. The van der Waals surface area contributed by atoms with Gasteiger partial charge in [0.2, 0.25) is 0 Å². The monoisotopic (exact) mass is 268 g/mol. The lowest BCUT2D eigenvalue weighted by atomic mass is 9.62. The van der Waals surface area contributed by atoms with Crippen LogP contribution in [0.3, 0.4) is 0 Å². The Morgan fingerprint density at radius 2 is 2.00 bits per heavy atom. The minimum atomic E-state index is -1.55. The van der Waals surface area contributed by atoms with E-state index in [4.69, 9.17) is 4.74 Å². The quantitative estimate of drug-likeness (QED) is 0.774. The highest BCUT2D eigenvalue weighted by Crippen LogP contribution is 2.54. The first-order valence-corrected chi connectivity index (χ1v) is 6.91. The van der Waals surface area contributed by atoms with Crippen molar-refractivity contribution in [2.75, 3.05) is 6.61 Å². The first-order chi connectivity index (χ1) is 8.96. The Kier molecular flexibility index (Phi) is 3.76. The highest BCUT2D eigenvalue weighted by atomic mass is 16.5. The molecule has 0 heterocycles. The van der Waals surface area contributed by atoms with Crippen molar-refractivity contribution in [1.29, 1.82) is 0 Å². The van der Waals surface area contributed by atoms with Gasteiger partial charge in [0.15, 0.2) is 5.78 Å². The topological polar surface area (TPSA) is 80.7 Å². The van der Waals surface area contributed by atoms with Gasteiger partial charge in [0.05, 0.1) is 12.0 Å². The molecule has 0 aromatic heterocycles. The van der Waals surface area contributed by atoms with E-state index < -0.39 is 11.0 Å². The van der Waals surface area contributed by atoms with Crippen LogP contribution in [-0.4, -0.2) is 34.9 Å². The summed E-state index contributed by atoms with van der Waals surface area (Å²) in [5, 5.41) is 10.6. The smallest absolute Gasteiger partial charge is 0.305 e. The number of aliphatic hydroxyl groups is 1. The fourth-order valence-corrected chi connectivity index (χ4v) is 3.52. The summed E-state index contributed by atoms with van der Waals surface area (Å²) in [5.74, 6) is -0.697. The molecule has 0 aliphatic heterocycles. The van der Waals surface area contributed by atoms with Gasteiger partial charge in [0, 0.05) is 19.3 Å². The number of ketones is 2. The summed E-state index contributed by atoms with van der Waals surface area (Å²) >= 11 is 0. The highest BCUT2D eigenvalue weighted by Gasteiger charge is 2.63. The van der Waals surface area contributed by atoms with E-state index in [0.29, 0.717) is 32.3 Å². The van der Waals surface area contributed by atoms with Crippen LogP contribution in [0.25, 0.3) is 0 Å². The van der Waals surface area contributed by atoms with Crippen LogP contribution in [0, 0.1) is 5.41 Å². The number of carbonyl (C=O) groups is 3. The molecule has 0 spiro atoms. The molecule has 1 N–H and O–H groups in total. The summed E-state index contributed by atoms with van der Waals surface area (Å²) < 4.78 is 4.86. The van der Waals surface area contributed by atoms with Crippen LogP contribution in [0.2, 0.25) is 0 Å². The van der Waals surface area contributed by atoms with Crippen molar-refractivity contribution in [2.45, 2.75) is 57.5 Å². The fourth-order valence-electron chi connectivity index (χ4n) is 3.52. The second-order valence-electron chi connectivity index (χ2n) is 5.45. The molecule has 106 valence electrons. The van der Waals surface area contributed by atoms with Gasteiger partial charge >= 0.3 is 5.97 Å². The molecular formula is C14H20O5. The summed E-state index contributed by atoms with van der Waals surface area (Å²) in [6, 6.07) is 0. The van der Waals surface area contributed by atoms with Crippen molar-refractivity contribution in [2.24, 2.45) is 5.41 Å². The zero-order chi connectivity index (χ0) is 14.1. The van der Waals surface area contributed by atoms with E-state index in [1.807, 2.05) is 0 Å². The summed E-state index contributed by atoms with van der Waals surface area (Å²) in [7, 11) is 0. The third-order valence-corrected chi connectivity index (χ3v) is 4.57. The van der Waals surface area contributed by atoms with Gasteiger partial charge in [-0.1, -0.05) is 0 Å². The van der Waals surface area contributed by atoms with Crippen LogP contribution < -0.4 is 0 Å². The van der Waals surface area contributed by atoms with E-state index >= 15 is 0 Å². The molecule has 0 saturated heterocycles. The number of Topliss-reactive ketones (excluding diaryl/α,β-unsaturated/α-hetero) is 2. The summed E-state index contributed by atoms with van der Waals surface area (Å²) in [6.07, 6.45) is 2.15. The van der Waals surface area contributed by atoms with E-state index in [2.05, 4.69) is 0 Å². The van der Waals surface area contributed by atoms with Crippen molar-refractivity contribution < 1.29 is 24.2 Å². The number of rotatable bonds is 4. The number of hydrogen-bond donors (Lipinski definition) is 1. The Morgan fingerprint density at radius 3 is 2.68 bits per heavy atom. The van der Waals surface area contributed by atoms with Crippen LogP contribution >= 0.6 is 0 Å². The molecular weight excluding hydrogens is 248 g/mol. The molecule has 0 radical (unpaired) electrons. The Labute approximate surface area is 112 Å². The molecule has 2 aliphatic rings. The maximum atomic E-state index is 12.3. The van der Waals surface area contributed by atoms with Crippen molar-refractivity contribution in [1.82, 2.24) is 0 Å². The van der Waals surface area contributed by atoms with Crippen LogP contribution in [0.15, 0.2) is 0 Å². The van der Waals surface area contributed by atoms with Gasteiger partial charge in [-0.3, -0.25) is 14.4 Å². The lowest BCUT2D eigenvalue weighted by Crippen LogP contribution is -2.55. The van der Waals surface area contributed by atoms with Crippen LogP contribution in [0.4, 0.5) is 0 Å².